The van der Waals surface area contributed by atoms with E-state index in [1.54, 1.807) is 37.6 Å². The van der Waals surface area contributed by atoms with Crippen LogP contribution in [0.15, 0.2) is 54.7 Å². The molecular formula is C18H15NO3. The smallest absolute Gasteiger partial charge is 0.227 e. The van der Waals surface area contributed by atoms with Crippen LogP contribution in [-0.2, 0) is 0 Å². The van der Waals surface area contributed by atoms with Crippen LogP contribution in [0, 0.1) is 0 Å². The highest BCUT2D eigenvalue weighted by Crippen LogP contribution is 2.24. The predicted octanol–water partition coefficient (Wildman–Crippen LogP) is 3.54. The molecule has 0 N–H and O–H groups in total. The van der Waals surface area contributed by atoms with Gasteiger partial charge in [0.2, 0.25) is 5.91 Å². The van der Waals surface area contributed by atoms with Crippen LogP contribution >= 0.6 is 0 Å². The van der Waals surface area contributed by atoms with Crippen molar-refractivity contribution in [3.63, 3.8) is 0 Å². The first kappa shape index (κ1) is 14.1. The second-order valence-electron chi connectivity index (χ2n) is 5.01. The predicted molar refractivity (Wildman–Crippen MR) is 84.7 cm³/mol. The zero-order valence-corrected chi connectivity index (χ0v) is 12.4. The zero-order chi connectivity index (χ0) is 15.7. The lowest BCUT2D eigenvalue weighted by atomic mass is 10.0. The van der Waals surface area contributed by atoms with E-state index in [0.29, 0.717) is 16.9 Å². The van der Waals surface area contributed by atoms with Crippen LogP contribution in [0.2, 0.25) is 0 Å². The summed E-state index contributed by atoms with van der Waals surface area (Å²) in [6.07, 6.45) is 1.61. The van der Waals surface area contributed by atoms with Crippen LogP contribution in [0.3, 0.4) is 0 Å². The van der Waals surface area contributed by atoms with E-state index in [4.69, 9.17) is 4.74 Å². The minimum Gasteiger partial charge on any atom is -0.497 e. The number of rotatable bonds is 3. The molecule has 0 unspecified atom stereocenters. The van der Waals surface area contributed by atoms with Crippen molar-refractivity contribution in [1.29, 1.82) is 0 Å². The Kier molecular flexibility index (Phi) is 3.51. The summed E-state index contributed by atoms with van der Waals surface area (Å²) in [4.78, 5) is 24.5. The minimum atomic E-state index is -0.120. The van der Waals surface area contributed by atoms with Gasteiger partial charge in [0.05, 0.1) is 12.6 Å². The summed E-state index contributed by atoms with van der Waals surface area (Å²) in [6.45, 7) is 1.48. The second-order valence-corrected chi connectivity index (χ2v) is 5.01. The fourth-order valence-electron chi connectivity index (χ4n) is 2.52. The lowest BCUT2D eigenvalue weighted by Gasteiger charge is -2.02. The summed E-state index contributed by atoms with van der Waals surface area (Å²) in [6, 6.07) is 14.3. The number of benzene rings is 2. The van der Waals surface area contributed by atoms with E-state index in [1.807, 2.05) is 24.3 Å². The molecule has 2 aromatic carbocycles. The van der Waals surface area contributed by atoms with Crippen molar-refractivity contribution in [3.05, 3.63) is 65.9 Å². The lowest BCUT2D eigenvalue weighted by molar-refractivity contribution is 0.0941. The highest BCUT2D eigenvalue weighted by atomic mass is 16.5. The normalized spacial score (nSPS) is 10.6. The molecule has 0 spiro atoms. The van der Waals surface area contributed by atoms with E-state index in [0.717, 1.165) is 10.9 Å². The highest BCUT2D eigenvalue weighted by molar-refractivity contribution is 6.17. The molecule has 4 nitrogen and oxygen atoms in total. The molecule has 110 valence electrons. The maximum Gasteiger partial charge on any atom is 0.227 e. The molecule has 0 aliphatic carbocycles. The quantitative estimate of drug-likeness (QED) is 0.694. The Labute approximate surface area is 127 Å². The fraction of sp³-hybridized carbons (Fsp3) is 0.111. The molecule has 0 fully saturated rings. The number of nitrogens with zero attached hydrogens (tertiary/aromatic N) is 1. The van der Waals surface area contributed by atoms with Gasteiger partial charge in [-0.25, -0.2) is 0 Å². The summed E-state index contributed by atoms with van der Waals surface area (Å²) in [5.41, 5.74) is 1.83. The second kappa shape index (κ2) is 5.48. The molecular weight excluding hydrogens is 278 g/mol. The zero-order valence-electron chi connectivity index (χ0n) is 12.4. The standard InChI is InChI=1S/C18H15NO3/c1-12(20)19-11-16(15-5-3-4-6-17(15)19)18(21)13-7-9-14(22-2)10-8-13/h3-11H,1-2H3. The lowest BCUT2D eigenvalue weighted by Crippen LogP contribution is -2.04. The molecule has 0 aliphatic rings. The number of hydrogen-bond donors (Lipinski definition) is 0. The van der Waals surface area contributed by atoms with Crippen molar-refractivity contribution in [3.8, 4) is 5.75 Å². The van der Waals surface area contributed by atoms with Crippen LogP contribution in [0.1, 0.15) is 27.6 Å². The van der Waals surface area contributed by atoms with Crippen molar-refractivity contribution in [1.82, 2.24) is 4.57 Å². The molecule has 3 rings (SSSR count). The third-order valence-electron chi connectivity index (χ3n) is 3.65. The number of ketones is 1. The van der Waals surface area contributed by atoms with Crippen LogP contribution in [0.5, 0.6) is 5.75 Å². The van der Waals surface area contributed by atoms with Gasteiger partial charge in [-0.3, -0.25) is 14.2 Å². The van der Waals surface area contributed by atoms with Gasteiger partial charge in [-0.05, 0) is 30.3 Å². The maximum absolute atomic E-state index is 12.7. The van der Waals surface area contributed by atoms with Gasteiger partial charge in [-0.15, -0.1) is 0 Å². The molecule has 1 aromatic heterocycles. The topological polar surface area (TPSA) is 48.3 Å². The van der Waals surface area contributed by atoms with Crippen LogP contribution in [0.25, 0.3) is 10.9 Å². The number of carbonyl (C=O) groups is 2. The third-order valence-corrected chi connectivity index (χ3v) is 3.65. The fourth-order valence-corrected chi connectivity index (χ4v) is 2.52. The number of hydrogen-bond acceptors (Lipinski definition) is 3. The molecule has 4 heteroatoms. The molecule has 0 aliphatic heterocycles. The molecule has 0 atom stereocenters. The SMILES string of the molecule is COc1ccc(C(=O)c2cn(C(C)=O)c3ccccc23)cc1. The van der Waals surface area contributed by atoms with Gasteiger partial charge >= 0.3 is 0 Å². The van der Waals surface area contributed by atoms with Crippen molar-refractivity contribution < 1.29 is 14.3 Å². The van der Waals surface area contributed by atoms with E-state index in [1.165, 1.54) is 11.5 Å². The molecule has 0 saturated heterocycles. The van der Waals surface area contributed by atoms with Crippen LogP contribution < -0.4 is 4.74 Å². The number of methoxy groups -OCH3 is 1. The van der Waals surface area contributed by atoms with Gasteiger partial charge < -0.3 is 4.74 Å². The van der Waals surface area contributed by atoms with E-state index in [-0.39, 0.29) is 11.7 Å². The van der Waals surface area contributed by atoms with Gasteiger partial charge in [-0.1, -0.05) is 18.2 Å². The molecule has 22 heavy (non-hydrogen) atoms. The average Bonchev–Trinajstić information content (AvgIpc) is 2.94. The molecule has 1 heterocycles. The monoisotopic (exact) mass is 293 g/mol. The third kappa shape index (κ3) is 2.29. The van der Waals surface area contributed by atoms with E-state index in [9.17, 15) is 9.59 Å². The number of carbonyl (C=O) groups excluding carboxylic acids is 2. The first-order chi connectivity index (χ1) is 10.6. The van der Waals surface area contributed by atoms with Crippen molar-refractivity contribution in [2.24, 2.45) is 0 Å². The minimum absolute atomic E-state index is 0.112. The van der Waals surface area contributed by atoms with E-state index >= 15 is 0 Å². The summed E-state index contributed by atoms with van der Waals surface area (Å²) in [5, 5.41) is 0.776. The largest absolute Gasteiger partial charge is 0.497 e. The Hall–Kier alpha value is -2.88. The maximum atomic E-state index is 12.7. The van der Waals surface area contributed by atoms with Gasteiger partial charge in [0.1, 0.15) is 5.75 Å². The summed E-state index contributed by atoms with van der Waals surface area (Å²) >= 11 is 0. The average molecular weight is 293 g/mol. The van der Waals surface area contributed by atoms with Gasteiger partial charge in [0, 0.05) is 29.6 Å². The van der Waals surface area contributed by atoms with Crippen LogP contribution in [-0.4, -0.2) is 23.4 Å². The van der Waals surface area contributed by atoms with Gasteiger partial charge in [0.25, 0.3) is 0 Å². The van der Waals surface area contributed by atoms with Crippen molar-refractivity contribution in [2.45, 2.75) is 6.92 Å². The Bertz CT molecular complexity index is 860. The number of ether oxygens (including phenoxy) is 1. The van der Waals surface area contributed by atoms with Crippen molar-refractivity contribution >= 4 is 22.6 Å². The first-order valence-corrected chi connectivity index (χ1v) is 6.91. The Morgan fingerprint density at radius 1 is 1.00 bits per heavy atom. The van der Waals surface area contributed by atoms with Gasteiger partial charge in [-0.2, -0.15) is 0 Å². The van der Waals surface area contributed by atoms with E-state index in [2.05, 4.69) is 0 Å². The van der Waals surface area contributed by atoms with Gasteiger partial charge in [0.15, 0.2) is 5.78 Å². The van der Waals surface area contributed by atoms with Crippen LogP contribution in [0.4, 0.5) is 0 Å². The molecule has 3 aromatic rings. The van der Waals surface area contributed by atoms with E-state index < -0.39 is 0 Å². The Morgan fingerprint density at radius 2 is 1.68 bits per heavy atom. The first-order valence-electron chi connectivity index (χ1n) is 6.91. The van der Waals surface area contributed by atoms with Crippen molar-refractivity contribution in [2.75, 3.05) is 7.11 Å². The molecule has 0 saturated carbocycles. The number of para-hydroxylation sites is 1. The summed E-state index contributed by atoms with van der Waals surface area (Å²) < 4.78 is 6.61. The molecule has 0 radical (unpaired) electrons. The number of aromatic nitrogens is 1. The highest BCUT2D eigenvalue weighted by Gasteiger charge is 2.17. The Balaban J connectivity index is 2.12. The summed E-state index contributed by atoms with van der Waals surface area (Å²) in [5.74, 6) is 0.464. The summed E-state index contributed by atoms with van der Waals surface area (Å²) in [7, 11) is 1.58. The number of fused-ring (bicyclic) bond motifs is 1. The molecule has 0 bridgehead atoms. The molecule has 0 amide bonds. The Morgan fingerprint density at radius 3 is 2.32 bits per heavy atom.